The number of ether oxygens (including phenoxy) is 1. The molecule has 1 heterocycles. The highest BCUT2D eigenvalue weighted by molar-refractivity contribution is 5.90. The number of nitrogen functional groups attached to an aromatic ring is 1. The Kier molecular flexibility index (Phi) is 1.40. The van der Waals surface area contributed by atoms with E-state index >= 15 is 0 Å². The molecule has 0 radical (unpaired) electrons. The summed E-state index contributed by atoms with van der Waals surface area (Å²) in [6, 6.07) is 5.26. The second-order valence-corrected chi connectivity index (χ2v) is 3.77. The Morgan fingerprint density at radius 1 is 1.38 bits per heavy atom. The van der Waals surface area contributed by atoms with E-state index in [4.69, 9.17) is 10.5 Å². The van der Waals surface area contributed by atoms with E-state index in [1.54, 1.807) is 18.2 Å². The minimum absolute atomic E-state index is 0.215. The van der Waals surface area contributed by atoms with Crippen LogP contribution < -0.4 is 10.5 Å². The van der Waals surface area contributed by atoms with Crippen molar-refractivity contribution in [3.63, 3.8) is 0 Å². The normalized spacial score (nSPS) is 18.2. The van der Waals surface area contributed by atoms with Gasteiger partial charge in [0.1, 0.15) is 5.75 Å². The molecule has 0 saturated heterocycles. The standard InChI is InChI=1S/C10H11NO2/c1-10(2)7-5-6(11)3-4-8(7)13-9(10)12/h3-5H,11H2,1-2H3. The van der Waals surface area contributed by atoms with Crippen LogP contribution >= 0.6 is 0 Å². The van der Waals surface area contributed by atoms with E-state index in [1.807, 2.05) is 13.8 Å². The molecule has 0 atom stereocenters. The number of carbonyl (C=O) groups is 1. The summed E-state index contributed by atoms with van der Waals surface area (Å²) in [5.41, 5.74) is 6.60. The van der Waals surface area contributed by atoms with E-state index in [0.717, 1.165) is 5.56 Å². The van der Waals surface area contributed by atoms with Crippen molar-refractivity contribution in [2.45, 2.75) is 19.3 Å². The number of carbonyl (C=O) groups excluding carboxylic acids is 1. The first-order valence-electron chi connectivity index (χ1n) is 4.14. The van der Waals surface area contributed by atoms with Crippen molar-refractivity contribution in [3.8, 4) is 5.75 Å². The summed E-state index contributed by atoms with van der Waals surface area (Å²) in [6.45, 7) is 3.67. The Morgan fingerprint density at radius 2 is 2.08 bits per heavy atom. The smallest absolute Gasteiger partial charge is 0.321 e. The van der Waals surface area contributed by atoms with Gasteiger partial charge in [-0.1, -0.05) is 0 Å². The SMILES string of the molecule is CC1(C)C(=O)Oc2ccc(N)cc21. The van der Waals surface area contributed by atoms with E-state index in [0.29, 0.717) is 11.4 Å². The summed E-state index contributed by atoms with van der Waals surface area (Å²) >= 11 is 0. The van der Waals surface area contributed by atoms with Gasteiger partial charge in [0.05, 0.1) is 5.41 Å². The molecule has 1 aliphatic rings. The molecule has 0 unspecified atom stereocenters. The highest BCUT2D eigenvalue weighted by atomic mass is 16.5. The van der Waals surface area contributed by atoms with Crippen LogP contribution in [0, 0.1) is 0 Å². The fraction of sp³-hybridized carbons (Fsp3) is 0.300. The number of anilines is 1. The maximum absolute atomic E-state index is 11.4. The topological polar surface area (TPSA) is 52.3 Å². The number of fused-ring (bicyclic) bond motifs is 1. The van der Waals surface area contributed by atoms with Crippen molar-refractivity contribution < 1.29 is 9.53 Å². The Bertz CT molecular complexity index is 383. The summed E-state index contributed by atoms with van der Waals surface area (Å²) < 4.78 is 5.08. The zero-order valence-corrected chi connectivity index (χ0v) is 7.63. The van der Waals surface area contributed by atoms with Crippen molar-refractivity contribution >= 4 is 11.7 Å². The molecule has 1 aliphatic heterocycles. The molecule has 3 heteroatoms. The molecule has 3 nitrogen and oxygen atoms in total. The van der Waals surface area contributed by atoms with E-state index in [2.05, 4.69) is 0 Å². The van der Waals surface area contributed by atoms with E-state index in [-0.39, 0.29) is 5.97 Å². The molecule has 0 aliphatic carbocycles. The summed E-state index contributed by atoms with van der Waals surface area (Å²) in [5.74, 6) is 0.414. The number of hydrogen-bond acceptors (Lipinski definition) is 3. The lowest BCUT2D eigenvalue weighted by molar-refractivity contribution is -0.137. The molecular weight excluding hydrogens is 166 g/mol. The molecule has 2 rings (SSSR count). The summed E-state index contributed by atoms with van der Waals surface area (Å²) in [4.78, 5) is 11.4. The van der Waals surface area contributed by atoms with Gasteiger partial charge in [-0.3, -0.25) is 4.79 Å². The summed E-state index contributed by atoms with van der Waals surface area (Å²) in [6.07, 6.45) is 0. The molecule has 0 amide bonds. The van der Waals surface area contributed by atoms with E-state index in [1.165, 1.54) is 0 Å². The second-order valence-electron chi connectivity index (χ2n) is 3.77. The van der Waals surface area contributed by atoms with Crippen molar-refractivity contribution in [2.75, 3.05) is 5.73 Å². The monoisotopic (exact) mass is 177 g/mol. The Hall–Kier alpha value is -1.51. The fourth-order valence-corrected chi connectivity index (χ4v) is 1.46. The van der Waals surface area contributed by atoms with Gasteiger partial charge in [0.2, 0.25) is 0 Å². The molecule has 1 aromatic rings. The lowest BCUT2D eigenvalue weighted by Gasteiger charge is -2.12. The zero-order chi connectivity index (χ0) is 9.64. The van der Waals surface area contributed by atoms with Crippen molar-refractivity contribution in [2.24, 2.45) is 0 Å². The van der Waals surface area contributed by atoms with E-state index < -0.39 is 5.41 Å². The Labute approximate surface area is 76.5 Å². The molecular formula is C10H11NO2. The third-order valence-electron chi connectivity index (χ3n) is 2.39. The van der Waals surface area contributed by atoms with Gasteiger partial charge in [-0.25, -0.2) is 0 Å². The predicted octanol–water partition coefficient (Wildman–Crippen LogP) is 1.47. The molecule has 0 saturated carbocycles. The predicted molar refractivity (Wildman–Crippen MR) is 49.5 cm³/mol. The van der Waals surface area contributed by atoms with Gasteiger partial charge >= 0.3 is 5.97 Å². The quantitative estimate of drug-likeness (QED) is 0.371. The van der Waals surface area contributed by atoms with Crippen LogP contribution in [0.2, 0.25) is 0 Å². The van der Waals surface area contributed by atoms with Crippen LogP contribution in [0.5, 0.6) is 5.75 Å². The highest BCUT2D eigenvalue weighted by Crippen LogP contribution is 2.39. The van der Waals surface area contributed by atoms with Gasteiger partial charge in [-0.05, 0) is 32.0 Å². The first kappa shape index (κ1) is 8.10. The number of nitrogens with two attached hydrogens (primary N) is 1. The lowest BCUT2D eigenvalue weighted by atomic mass is 9.86. The van der Waals surface area contributed by atoms with Crippen LogP contribution in [-0.4, -0.2) is 5.97 Å². The van der Waals surface area contributed by atoms with Crippen LogP contribution in [0.4, 0.5) is 5.69 Å². The second kappa shape index (κ2) is 2.25. The van der Waals surface area contributed by atoms with Gasteiger partial charge in [0.25, 0.3) is 0 Å². The van der Waals surface area contributed by atoms with Gasteiger partial charge in [-0.15, -0.1) is 0 Å². The molecule has 0 aromatic heterocycles. The number of benzene rings is 1. The first-order valence-corrected chi connectivity index (χ1v) is 4.14. The molecule has 68 valence electrons. The summed E-state index contributed by atoms with van der Waals surface area (Å²) in [5, 5.41) is 0. The van der Waals surface area contributed by atoms with Crippen molar-refractivity contribution in [1.29, 1.82) is 0 Å². The van der Waals surface area contributed by atoms with Crippen molar-refractivity contribution in [3.05, 3.63) is 23.8 Å². The van der Waals surface area contributed by atoms with Crippen LogP contribution in [0.1, 0.15) is 19.4 Å². The highest BCUT2D eigenvalue weighted by Gasteiger charge is 2.40. The van der Waals surface area contributed by atoms with Crippen molar-refractivity contribution in [1.82, 2.24) is 0 Å². The third kappa shape index (κ3) is 1.00. The molecule has 1 aromatic carbocycles. The van der Waals surface area contributed by atoms with Gasteiger partial charge in [0.15, 0.2) is 0 Å². The van der Waals surface area contributed by atoms with Crippen LogP contribution in [0.15, 0.2) is 18.2 Å². The zero-order valence-electron chi connectivity index (χ0n) is 7.63. The largest absolute Gasteiger partial charge is 0.426 e. The minimum atomic E-state index is -0.565. The third-order valence-corrected chi connectivity index (χ3v) is 2.39. The van der Waals surface area contributed by atoms with Gasteiger partial charge < -0.3 is 10.5 Å². The van der Waals surface area contributed by atoms with Gasteiger partial charge in [-0.2, -0.15) is 0 Å². The number of rotatable bonds is 0. The average molecular weight is 177 g/mol. The summed E-state index contributed by atoms with van der Waals surface area (Å²) in [7, 11) is 0. The molecule has 0 spiro atoms. The molecule has 0 fully saturated rings. The number of esters is 1. The maximum Gasteiger partial charge on any atom is 0.321 e. The maximum atomic E-state index is 11.4. The van der Waals surface area contributed by atoms with Gasteiger partial charge in [0, 0.05) is 11.3 Å². The van der Waals surface area contributed by atoms with Crippen LogP contribution in [-0.2, 0) is 10.2 Å². The fourth-order valence-electron chi connectivity index (χ4n) is 1.46. The Balaban J connectivity index is 2.64. The molecule has 13 heavy (non-hydrogen) atoms. The first-order chi connectivity index (χ1) is 6.01. The lowest BCUT2D eigenvalue weighted by Crippen LogP contribution is -2.25. The van der Waals surface area contributed by atoms with Crippen LogP contribution in [0.3, 0.4) is 0 Å². The molecule has 2 N–H and O–H groups in total. The number of hydrogen-bond donors (Lipinski definition) is 1. The minimum Gasteiger partial charge on any atom is -0.426 e. The Morgan fingerprint density at radius 3 is 2.77 bits per heavy atom. The van der Waals surface area contributed by atoms with E-state index in [9.17, 15) is 4.79 Å². The molecule has 0 bridgehead atoms. The average Bonchev–Trinajstić information content (AvgIpc) is 2.27. The van der Waals surface area contributed by atoms with Crippen LogP contribution in [0.25, 0.3) is 0 Å².